The predicted molar refractivity (Wildman–Crippen MR) is 113 cm³/mol. The summed E-state index contributed by atoms with van der Waals surface area (Å²) in [6.07, 6.45) is 0. The number of nitro groups is 1. The summed E-state index contributed by atoms with van der Waals surface area (Å²) in [4.78, 5) is 28.9. The Balaban J connectivity index is 1.86. The number of rotatable bonds is 6. The second-order valence-electron chi connectivity index (χ2n) is 6.40. The highest BCUT2D eigenvalue weighted by molar-refractivity contribution is 7.14. The van der Waals surface area contributed by atoms with Crippen LogP contribution >= 0.6 is 22.9 Å². The average molecular weight is 432 g/mol. The Labute approximate surface area is 176 Å². The lowest BCUT2D eigenvalue weighted by molar-refractivity contribution is -0.385. The van der Waals surface area contributed by atoms with Gasteiger partial charge in [0.15, 0.2) is 10.9 Å². The Morgan fingerprint density at radius 2 is 2.03 bits per heavy atom. The van der Waals surface area contributed by atoms with Crippen LogP contribution in [-0.2, 0) is 11.4 Å². The Hall–Kier alpha value is -2.97. The third kappa shape index (κ3) is 4.55. The number of hydrogen-bond acceptors (Lipinski definition) is 6. The molecule has 0 unspecified atom stereocenters. The minimum Gasteiger partial charge on any atom is -0.480 e. The van der Waals surface area contributed by atoms with Crippen molar-refractivity contribution in [2.24, 2.45) is 0 Å². The largest absolute Gasteiger partial charge is 0.480 e. The zero-order valence-electron chi connectivity index (χ0n) is 16.0. The number of anilines is 2. The summed E-state index contributed by atoms with van der Waals surface area (Å²) in [5.74, 6) is -0.0627. The SMILES string of the molecule is CC(=O)N(c1nc(COc2ccccc2[N+](=O)[O-])cs1)c1c(C)cc(C)cc1Cl. The van der Waals surface area contributed by atoms with Crippen LogP contribution in [0.1, 0.15) is 23.7 Å². The molecule has 1 heterocycles. The Bertz CT molecular complexity index is 1060. The lowest BCUT2D eigenvalue weighted by atomic mass is 10.1. The van der Waals surface area contributed by atoms with Gasteiger partial charge in [0.05, 0.1) is 21.3 Å². The van der Waals surface area contributed by atoms with Crippen molar-refractivity contribution in [2.45, 2.75) is 27.4 Å². The van der Waals surface area contributed by atoms with Gasteiger partial charge in [-0.2, -0.15) is 0 Å². The Morgan fingerprint density at radius 3 is 2.69 bits per heavy atom. The van der Waals surface area contributed by atoms with Gasteiger partial charge < -0.3 is 4.74 Å². The van der Waals surface area contributed by atoms with Crippen LogP contribution in [0.15, 0.2) is 41.8 Å². The molecule has 0 aliphatic heterocycles. The van der Waals surface area contributed by atoms with Gasteiger partial charge in [-0.25, -0.2) is 4.98 Å². The molecule has 0 aliphatic carbocycles. The molecular formula is C20H18ClN3O4S. The topological polar surface area (TPSA) is 85.6 Å². The van der Waals surface area contributed by atoms with Crippen molar-refractivity contribution >= 4 is 45.4 Å². The summed E-state index contributed by atoms with van der Waals surface area (Å²) in [6, 6.07) is 9.89. The van der Waals surface area contributed by atoms with Crippen LogP contribution in [0.25, 0.3) is 0 Å². The molecular weight excluding hydrogens is 414 g/mol. The van der Waals surface area contributed by atoms with Crippen LogP contribution in [0.5, 0.6) is 5.75 Å². The highest BCUT2D eigenvalue weighted by Gasteiger charge is 2.23. The van der Waals surface area contributed by atoms with Crippen LogP contribution < -0.4 is 9.64 Å². The summed E-state index contributed by atoms with van der Waals surface area (Å²) < 4.78 is 5.58. The summed E-state index contributed by atoms with van der Waals surface area (Å²) in [5.41, 5.74) is 2.88. The van der Waals surface area contributed by atoms with Gasteiger partial charge in [0.1, 0.15) is 6.61 Å². The van der Waals surface area contributed by atoms with E-state index in [9.17, 15) is 14.9 Å². The first kappa shape index (κ1) is 20.8. The molecule has 1 amide bonds. The zero-order valence-corrected chi connectivity index (χ0v) is 17.6. The summed E-state index contributed by atoms with van der Waals surface area (Å²) in [5, 5.41) is 13.8. The number of nitro benzene ring substituents is 1. The minimum absolute atomic E-state index is 0.0354. The van der Waals surface area contributed by atoms with Crippen molar-refractivity contribution in [1.82, 2.24) is 4.98 Å². The van der Waals surface area contributed by atoms with Gasteiger partial charge in [-0.15, -0.1) is 11.3 Å². The Kier molecular flexibility index (Phi) is 6.14. The lowest BCUT2D eigenvalue weighted by Crippen LogP contribution is -2.24. The number of benzene rings is 2. The van der Waals surface area contributed by atoms with Crippen molar-refractivity contribution < 1.29 is 14.5 Å². The second-order valence-corrected chi connectivity index (χ2v) is 7.65. The highest BCUT2D eigenvalue weighted by atomic mass is 35.5. The van der Waals surface area contributed by atoms with E-state index in [0.717, 1.165) is 11.1 Å². The van der Waals surface area contributed by atoms with Gasteiger partial charge in [-0.05, 0) is 37.1 Å². The molecule has 2 aromatic carbocycles. The van der Waals surface area contributed by atoms with E-state index in [2.05, 4.69) is 4.98 Å². The number of carbonyl (C=O) groups is 1. The first-order valence-electron chi connectivity index (χ1n) is 8.66. The summed E-state index contributed by atoms with van der Waals surface area (Å²) >= 11 is 7.68. The number of thiazole rings is 1. The predicted octanol–water partition coefficient (Wildman–Crippen LogP) is 5.59. The van der Waals surface area contributed by atoms with E-state index >= 15 is 0 Å². The molecule has 0 aliphatic rings. The molecule has 9 heteroatoms. The van der Waals surface area contributed by atoms with E-state index in [-0.39, 0.29) is 24.0 Å². The molecule has 3 aromatic rings. The van der Waals surface area contributed by atoms with Crippen molar-refractivity contribution in [1.29, 1.82) is 0 Å². The molecule has 0 saturated carbocycles. The maximum Gasteiger partial charge on any atom is 0.310 e. The second kappa shape index (κ2) is 8.59. The number of nitrogens with zero attached hydrogens (tertiary/aromatic N) is 3. The third-order valence-corrected chi connectivity index (χ3v) is 5.27. The van der Waals surface area contributed by atoms with Gasteiger partial charge >= 0.3 is 5.69 Å². The van der Waals surface area contributed by atoms with Crippen molar-refractivity contribution in [3.63, 3.8) is 0 Å². The molecule has 0 radical (unpaired) electrons. The smallest absolute Gasteiger partial charge is 0.310 e. The third-order valence-electron chi connectivity index (χ3n) is 4.11. The normalized spacial score (nSPS) is 10.6. The molecule has 0 bridgehead atoms. The standard InChI is InChI=1S/C20H18ClN3O4S/c1-12-8-13(2)19(16(21)9-12)23(14(3)25)20-22-15(11-29-20)10-28-18-7-5-4-6-17(18)24(26)27/h4-9,11H,10H2,1-3H3. The van der Waals surface area contributed by atoms with E-state index in [1.54, 1.807) is 23.6 Å². The molecule has 0 atom stereocenters. The fourth-order valence-electron chi connectivity index (χ4n) is 2.93. The number of halogens is 1. The fraction of sp³-hybridized carbons (Fsp3) is 0.200. The molecule has 29 heavy (non-hydrogen) atoms. The van der Waals surface area contributed by atoms with E-state index in [0.29, 0.717) is 21.5 Å². The summed E-state index contributed by atoms with van der Waals surface area (Å²) in [7, 11) is 0. The number of carbonyl (C=O) groups excluding carboxylic acids is 1. The number of ether oxygens (including phenoxy) is 1. The van der Waals surface area contributed by atoms with Gasteiger partial charge in [-0.3, -0.25) is 19.8 Å². The fourth-order valence-corrected chi connectivity index (χ4v) is 4.19. The van der Waals surface area contributed by atoms with Gasteiger partial charge in [0.25, 0.3) is 0 Å². The maximum absolute atomic E-state index is 12.4. The van der Waals surface area contributed by atoms with Gasteiger partial charge in [0.2, 0.25) is 5.91 Å². The quantitative estimate of drug-likeness (QED) is 0.375. The number of para-hydroxylation sites is 2. The van der Waals surface area contributed by atoms with Crippen molar-refractivity contribution in [3.05, 3.63) is 73.7 Å². The minimum atomic E-state index is -0.499. The van der Waals surface area contributed by atoms with Crippen molar-refractivity contribution in [3.8, 4) is 5.75 Å². The highest BCUT2D eigenvalue weighted by Crippen LogP contribution is 2.37. The van der Waals surface area contributed by atoms with E-state index in [1.807, 2.05) is 19.9 Å². The van der Waals surface area contributed by atoms with Crippen LogP contribution in [0.4, 0.5) is 16.5 Å². The van der Waals surface area contributed by atoms with Gasteiger partial charge in [0, 0.05) is 18.4 Å². The lowest BCUT2D eigenvalue weighted by Gasteiger charge is -2.22. The number of aryl methyl sites for hydroxylation is 2. The molecule has 0 N–H and O–H groups in total. The van der Waals surface area contributed by atoms with Crippen LogP contribution in [-0.4, -0.2) is 15.8 Å². The van der Waals surface area contributed by atoms with E-state index in [1.165, 1.54) is 35.3 Å². The molecule has 0 spiro atoms. The number of amides is 1. The number of hydrogen-bond donors (Lipinski definition) is 0. The van der Waals surface area contributed by atoms with Crippen LogP contribution in [0, 0.1) is 24.0 Å². The average Bonchev–Trinajstić information content (AvgIpc) is 3.11. The molecule has 150 valence electrons. The van der Waals surface area contributed by atoms with Gasteiger partial charge in [-0.1, -0.05) is 29.8 Å². The monoisotopic (exact) mass is 431 g/mol. The molecule has 7 nitrogen and oxygen atoms in total. The zero-order chi connectivity index (χ0) is 21.1. The first-order chi connectivity index (χ1) is 13.8. The molecule has 0 fully saturated rings. The maximum atomic E-state index is 12.4. The molecule has 0 saturated heterocycles. The van der Waals surface area contributed by atoms with E-state index < -0.39 is 4.92 Å². The summed E-state index contributed by atoms with van der Waals surface area (Å²) in [6.45, 7) is 5.30. The molecule has 3 rings (SSSR count). The van der Waals surface area contributed by atoms with Crippen LogP contribution in [0.3, 0.4) is 0 Å². The number of aromatic nitrogens is 1. The van der Waals surface area contributed by atoms with Crippen molar-refractivity contribution in [2.75, 3.05) is 4.90 Å². The Morgan fingerprint density at radius 1 is 1.31 bits per heavy atom. The first-order valence-corrected chi connectivity index (χ1v) is 9.91. The van der Waals surface area contributed by atoms with Crippen LogP contribution in [0.2, 0.25) is 5.02 Å². The molecule has 1 aromatic heterocycles. The van der Waals surface area contributed by atoms with E-state index in [4.69, 9.17) is 16.3 Å².